The summed E-state index contributed by atoms with van der Waals surface area (Å²) >= 11 is 12.6. The first kappa shape index (κ1) is 13.1. The molecule has 0 aliphatic carbocycles. The Morgan fingerprint density at radius 1 is 1.60 bits per heavy atom. The van der Waals surface area contributed by atoms with E-state index < -0.39 is 22.0 Å². The summed E-state index contributed by atoms with van der Waals surface area (Å²) in [5.41, 5.74) is 0. The van der Waals surface area contributed by atoms with Crippen molar-refractivity contribution in [3.05, 3.63) is 0 Å². The molecule has 3 unspecified atom stereocenters. The van der Waals surface area contributed by atoms with Gasteiger partial charge in [0.25, 0.3) is 0 Å². The van der Waals surface area contributed by atoms with Crippen LogP contribution in [0.5, 0.6) is 0 Å². The zero-order valence-electron chi connectivity index (χ0n) is 9.34. The Bertz CT molecular complexity index is 258. The molecule has 0 aromatic carbocycles. The lowest BCUT2D eigenvalue weighted by molar-refractivity contribution is -0.170. The third-order valence-corrected chi connectivity index (χ3v) is 3.36. The van der Waals surface area contributed by atoms with Crippen molar-refractivity contribution in [2.45, 2.75) is 43.7 Å². The molecule has 5 heteroatoms. The SMILES string of the molecule is CC(=O)OC1OCC(C(C)(C)Cl)C1(C)Cl. The number of carbonyl (C=O) groups is 1. The molecule has 3 nitrogen and oxygen atoms in total. The highest BCUT2D eigenvalue weighted by Crippen LogP contribution is 2.45. The lowest BCUT2D eigenvalue weighted by atomic mass is 9.85. The molecule has 3 atom stereocenters. The van der Waals surface area contributed by atoms with Crippen LogP contribution in [-0.2, 0) is 14.3 Å². The van der Waals surface area contributed by atoms with E-state index in [9.17, 15) is 4.79 Å². The largest absolute Gasteiger partial charge is 0.434 e. The summed E-state index contributed by atoms with van der Waals surface area (Å²) in [7, 11) is 0. The number of carbonyl (C=O) groups excluding carboxylic acids is 1. The maximum atomic E-state index is 10.9. The van der Waals surface area contributed by atoms with Crippen LogP contribution in [0.25, 0.3) is 0 Å². The second-order valence-corrected chi connectivity index (χ2v) is 6.33. The van der Waals surface area contributed by atoms with E-state index in [1.54, 1.807) is 6.92 Å². The smallest absolute Gasteiger partial charge is 0.304 e. The Hall–Kier alpha value is 0.01000. The van der Waals surface area contributed by atoms with Crippen LogP contribution in [0, 0.1) is 5.92 Å². The van der Waals surface area contributed by atoms with Crippen LogP contribution in [0.4, 0.5) is 0 Å². The molecule has 0 aromatic heterocycles. The molecule has 0 aromatic rings. The van der Waals surface area contributed by atoms with Crippen LogP contribution in [0.15, 0.2) is 0 Å². The van der Waals surface area contributed by atoms with Crippen molar-refractivity contribution in [2.75, 3.05) is 6.61 Å². The van der Waals surface area contributed by atoms with E-state index in [0.717, 1.165) is 0 Å². The molecule has 15 heavy (non-hydrogen) atoms. The van der Waals surface area contributed by atoms with E-state index in [-0.39, 0.29) is 5.92 Å². The van der Waals surface area contributed by atoms with Gasteiger partial charge in [-0.3, -0.25) is 4.79 Å². The Labute approximate surface area is 100 Å². The summed E-state index contributed by atoms with van der Waals surface area (Å²) in [6.45, 7) is 7.26. The molecule has 0 saturated carbocycles. The molecular weight excluding hydrogens is 239 g/mol. The van der Waals surface area contributed by atoms with Gasteiger partial charge in [-0.15, -0.1) is 23.2 Å². The van der Waals surface area contributed by atoms with Gasteiger partial charge >= 0.3 is 5.97 Å². The first-order valence-corrected chi connectivity index (χ1v) is 5.58. The number of alkyl halides is 2. The molecule has 1 heterocycles. The van der Waals surface area contributed by atoms with Crippen LogP contribution in [0.2, 0.25) is 0 Å². The fourth-order valence-electron chi connectivity index (χ4n) is 1.84. The Morgan fingerprint density at radius 3 is 2.47 bits per heavy atom. The van der Waals surface area contributed by atoms with Crippen LogP contribution in [-0.4, -0.2) is 28.6 Å². The van der Waals surface area contributed by atoms with Gasteiger partial charge in [-0.25, -0.2) is 0 Å². The topological polar surface area (TPSA) is 35.5 Å². The third kappa shape index (κ3) is 2.77. The summed E-state index contributed by atoms with van der Waals surface area (Å²) in [4.78, 5) is 9.57. The molecule has 1 saturated heterocycles. The van der Waals surface area contributed by atoms with Crippen LogP contribution in [0.1, 0.15) is 27.7 Å². The van der Waals surface area contributed by atoms with E-state index in [2.05, 4.69) is 0 Å². The number of hydrogen-bond acceptors (Lipinski definition) is 3. The second kappa shape index (κ2) is 4.11. The maximum absolute atomic E-state index is 10.9. The molecule has 88 valence electrons. The van der Waals surface area contributed by atoms with Gasteiger partial charge in [0, 0.05) is 17.7 Å². The predicted octanol–water partition coefficient (Wildman–Crippen LogP) is 2.54. The normalized spacial score (nSPS) is 36.7. The van der Waals surface area contributed by atoms with Crippen molar-refractivity contribution < 1.29 is 14.3 Å². The standard InChI is InChI=1S/C10H16Cl2O3/c1-6(13)15-8-10(4,12)7(5-14-8)9(2,3)11/h7-8H,5H2,1-4H3. The highest BCUT2D eigenvalue weighted by Gasteiger charge is 2.54. The van der Waals surface area contributed by atoms with Gasteiger partial charge in [0.05, 0.1) is 6.61 Å². The zero-order valence-corrected chi connectivity index (χ0v) is 10.9. The van der Waals surface area contributed by atoms with E-state index in [4.69, 9.17) is 32.7 Å². The van der Waals surface area contributed by atoms with E-state index in [1.807, 2.05) is 13.8 Å². The molecule has 1 aliphatic heterocycles. The second-order valence-electron chi connectivity index (χ2n) is 4.54. The molecule has 1 fully saturated rings. The van der Waals surface area contributed by atoms with Gasteiger partial charge in [-0.05, 0) is 20.8 Å². The van der Waals surface area contributed by atoms with Crippen LogP contribution < -0.4 is 0 Å². The molecule has 1 rings (SSSR count). The number of ether oxygens (including phenoxy) is 2. The van der Waals surface area contributed by atoms with Crippen LogP contribution >= 0.6 is 23.2 Å². The van der Waals surface area contributed by atoms with Crippen LogP contribution in [0.3, 0.4) is 0 Å². The van der Waals surface area contributed by atoms with Gasteiger partial charge in [0.1, 0.15) is 4.87 Å². The molecule has 1 aliphatic rings. The third-order valence-electron chi connectivity index (χ3n) is 2.66. The number of rotatable bonds is 2. The zero-order chi connectivity index (χ0) is 11.9. The molecule has 0 N–H and O–H groups in total. The Kier molecular flexibility index (Phi) is 3.59. The molecule has 0 spiro atoms. The Morgan fingerprint density at radius 2 is 2.13 bits per heavy atom. The summed E-state index contributed by atoms with van der Waals surface area (Å²) in [5, 5.41) is 0. The highest BCUT2D eigenvalue weighted by molar-refractivity contribution is 6.27. The van der Waals surface area contributed by atoms with Gasteiger partial charge in [0.2, 0.25) is 6.29 Å². The summed E-state index contributed by atoms with van der Waals surface area (Å²) < 4.78 is 10.4. The number of halogens is 2. The average Bonchev–Trinajstić information content (AvgIpc) is 2.24. The number of hydrogen-bond donors (Lipinski definition) is 0. The molecular formula is C10H16Cl2O3. The van der Waals surface area contributed by atoms with Crippen molar-refractivity contribution in [1.82, 2.24) is 0 Å². The predicted molar refractivity (Wildman–Crippen MR) is 59.2 cm³/mol. The lowest BCUT2D eigenvalue weighted by Crippen LogP contribution is -2.44. The van der Waals surface area contributed by atoms with E-state index in [0.29, 0.717) is 6.61 Å². The quantitative estimate of drug-likeness (QED) is 0.562. The minimum Gasteiger partial charge on any atom is -0.434 e. The molecule has 0 amide bonds. The monoisotopic (exact) mass is 254 g/mol. The average molecular weight is 255 g/mol. The van der Waals surface area contributed by atoms with E-state index in [1.165, 1.54) is 6.92 Å². The first-order chi connectivity index (χ1) is 6.65. The van der Waals surface area contributed by atoms with Gasteiger partial charge in [-0.1, -0.05) is 0 Å². The minimum absolute atomic E-state index is 0.0716. The molecule has 0 bridgehead atoms. The van der Waals surface area contributed by atoms with Crippen molar-refractivity contribution in [1.29, 1.82) is 0 Å². The lowest BCUT2D eigenvalue weighted by Gasteiger charge is -2.33. The minimum atomic E-state index is -0.781. The van der Waals surface area contributed by atoms with Crippen molar-refractivity contribution in [2.24, 2.45) is 5.92 Å². The summed E-state index contributed by atoms with van der Waals surface area (Å²) in [6, 6.07) is 0. The molecule has 0 radical (unpaired) electrons. The van der Waals surface area contributed by atoms with Gasteiger partial charge in [0.15, 0.2) is 0 Å². The van der Waals surface area contributed by atoms with Crippen molar-refractivity contribution in [3.8, 4) is 0 Å². The van der Waals surface area contributed by atoms with Gasteiger partial charge in [-0.2, -0.15) is 0 Å². The first-order valence-electron chi connectivity index (χ1n) is 4.82. The maximum Gasteiger partial charge on any atom is 0.304 e. The fourth-order valence-corrected chi connectivity index (χ4v) is 2.63. The van der Waals surface area contributed by atoms with Gasteiger partial charge < -0.3 is 9.47 Å². The van der Waals surface area contributed by atoms with Crippen molar-refractivity contribution in [3.63, 3.8) is 0 Å². The fraction of sp³-hybridized carbons (Fsp3) is 0.900. The summed E-state index contributed by atoms with van der Waals surface area (Å²) in [5.74, 6) is -0.474. The summed E-state index contributed by atoms with van der Waals surface area (Å²) in [6.07, 6.45) is -0.723. The highest BCUT2D eigenvalue weighted by atomic mass is 35.5. The number of esters is 1. The van der Waals surface area contributed by atoms with Crippen molar-refractivity contribution >= 4 is 29.2 Å². The Balaban J connectivity index is 2.80. The van der Waals surface area contributed by atoms with E-state index >= 15 is 0 Å².